The number of methoxy groups -OCH3 is 1. The molecule has 0 radical (unpaired) electrons. The van der Waals surface area contributed by atoms with Crippen molar-refractivity contribution in [2.24, 2.45) is 0 Å². The van der Waals surface area contributed by atoms with Crippen LogP contribution in [-0.4, -0.2) is 83.1 Å². The molecule has 0 bridgehead atoms. The van der Waals surface area contributed by atoms with E-state index < -0.39 is 10.8 Å². The molecule has 3 aromatic carbocycles. The third kappa shape index (κ3) is 8.94. The number of halogens is 1. The van der Waals surface area contributed by atoms with E-state index in [-0.39, 0.29) is 17.4 Å². The highest BCUT2D eigenvalue weighted by atomic mass is 35.5. The maximum Gasteiger partial charge on any atom is 0.326 e. The summed E-state index contributed by atoms with van der Waals surface area (Å²) in [7, 11) is 0.371. The summed E-state index contributed by atoms with van der Waals surface area (Å²) in [4.78, 5) is 44.8. The van der Waals surface area contributed by atoms with Crippen LogP contribution in [0.15, 0.2) is 93.7 Å². The fraction of sp³-hybridized carbons (Fsp3) is 0.350. The number of rotatable bonds is 13. The van der Waals surface area contributed by atoms with Gasteiger partial charge in [-0.2, -0.15) is 0 Å². The predicted molar refractivity (Wildman–Crippen MR) is 217 cm³/mol. The number of imidazole rings is 3. The predicted octanol–water partition coefficient (Wildman–Crippen LogP) is 6.34. The zero-order chi connectivity index (χ0) is 38.3. The van der Waals surface area contributed by atoms with Gasteiger partial charge in [-0.05, 0) is 81.3 Å². The topological polar surface area (TPSA) is 156 Å². The minimum absolute atomic E-state index is 0.0475. The number of piperidine rings is 1. The number of hydrogen-bond donors (Lipinski definition) is 3. The van der Waals surface area contributed by atoms with Crippen LogP contribution in [0.5, 0.6) is 5.75 Å². The van der Waals surface area contributed by atoms with Crippen LogP contribution in [0.2, 0.25) is 5.02 Å². The molecule has 13 nitrogen and oxygen atoms in total. The normalized spacial score (nSPS) is 14.4. The van der Waals surface area contributed by atoms with Gasteiger partial charge < -0.3 is 29.3 Å². The molecule has 1 atom stereocenters. The summed E-state index contributed by atoms with van der Waals surface area (Å²) in [6, 6.07) is 23.0. The molecular weight excluding hydrogens is 740 g/mol. The first-order valence-electron chi connectivity index (χ1n) is 18.5. The number of fused-ring (bicyclic) bond motifs is 3. The molecule has 0 saturated carbocycles. The van der Waals surface area contributed by atoms with Gasteiger partial charge in [0.2, 0.25) is 0 Å². The molecule has 5 heterocycles. The third-order valence-electron chi connectivity index (χ3n) is 10.00. The van der Waals surface area contributed by atoms with Crippen LogP contribution in [0.4, 0.5) is 0 Å². The summed E-state index contributed by atoms with van der Waals surface area (Å²) in [6.45, 7) is 6.70. The van der Waals surface area contributed by atoms with E-state index >= 15 is 0 Å². The van der Waals surface area contributed by atoms with Crippen LogP contribution < -0.4 is 16.1 Å². The van der Waals surface area contributed by atoms with E-state index in [1.807, 2.05) is 82.8 Å². The SMILES string of the molecule is COCCCOc1ccnc(CS(=O)c2nc3ccccc3[nH]2)c1C.O=c1[nH]c2ccccc2n1CCCN1CCC(n2c(=O)[nH]c3cc(Cl)ccc32)CC1. The number of H-pyrrole nitrogens is 3. The first kappa shape index (κ1) is 38.3. The first-order valence-corrected chi connectivity index (χ1v) is 20.2. The van der Waals surface area contributed by atoms with Gasteiger partial charge in [-0.15, -0.1) is 0 Å². The molecule has 1 unspecified atom stereocenters. The Hall–Kier alpha value is -5.02. The average Bonchev–Trinajstić information content (AvgIpc) is 3.87. The van der Waals surface area contributed by atoms with Crippen LogP contribution in [0, 0.1) is 6.92 Å². The number of ether oxygens (including phenoxy) is 2. The Morgan fingerprint density at radius 1 is 0.855 bits per heavy atom. The van der Waals surface area contributed by atoms with Crippen molar-refractivity contribution in [1.82, 2.24) is 39.0 Å². The molecule has 0 aliphatic carbocycles. The minimum atomic E-state index is -1.30. The van der Waals surface area contributed by atoms with Crippen molar-refractivity contribution in [3.8, 4) is 5.75 Å². The second-order valence-corrected chi connectivity index (χ2v) is 15.4. The lowest BCUT2D eigenvalue weighted by Crippen LogP contribution is -2.37. The van der Waals surface area contributed by atoms with Crippen molar-refractivity contribution in [1.29, 1.82) is 0 Å². The maximum absolute atomic E-state index is 12.7. The number of hydrogen-bond acceptors (Lipinski definition) is 8. The summed E-state index contributed by atoms with van der Waals surface area (Å²) in [5.41, 5.74) is 6.79. The Kier molecular flexibility index (Phi) is 12.3. The molecule has 1 aliphatic heterocycles. The fourth-order valence-electron chi connectivity index (χ4n) is 7.12. The second-order valence-electron chi connectivity index (χ2n) is 13.6. The largest absolute Gasteiger partial charge is 0.493 e. The van der Waals surface area contributed by atoms with Crippen molar-refractivity contribution in [3.05, 3.63) is 116 Å². The number of nitrogens with one attached hydrogen (secondary N) is 3. The summed E-state index contributed by atoms with van der Waals surface area (Å²) in [5.74, 6) is 1.06. The van der Waals surface area contributed by atoms with E-state index in [0.717, 1.165) is 95.4 Å². The summed E-state index contributed by atoms with van der Waals surface area (Å²) in [5, 5.41) is 1.09. The van der Waals surface area contributed by atoms with Crippen molar-refractivity contribution in [3.63, 3.8) is 0 Å². The number of aromatic nitrogens is 7. The van der Waals surface area contributed by atoms with E-state index in [4.69, 9.17) is 21.1 Å². The maximum atomic E-state index is 12.7. The number of nitrogens with zero attached hydrogens (tertiary/aromatic N) is 5. The molecule has 1 saturated heterocycles. The fourth-order valence-corrected chi connectivity index (χ4v) is 8.40. The number of pyridine rings is 1. The smallest absolute Gasteiger partial charge is 0.326 e. The van der Waals surface area contributed by atoms with Crippen LogP contribution >= 0.6 is 11.6 Å². The van der Waals surface area contributed by atoms with Gasteiger partial charge in [0.1, 0.15) is 5.75 Å². The molecule has 15 heteroatoms. The van der Waals surface area contributed by atoms with Crippen molar-refractivity contribution < 1.29 is 13.7 Å². The molecule has 3 N–H and O–H groups in total. The van der Waals surface area contributed by atoms with E-state index in [2.05, 4.69) is 29.8 Å². The van der Waals surface area contributed by atoms with E-state index in [0.29, 0.717) is 35.7 Å². The van der Waals surface area contributed by atoms with Gasteiger partial charge >= 0.3 is 11.4 Å². The van der Waals surface area contributed by atoms with Crippen LogP contribution in [-0.2, 0) is 27.8 Å². The van der Waals surface area contributed by atoms with Gasteiger partial charge in [0, 0.05) is 62.6 Å². The van der Waals surface area contributed by atoms with Crippen LogP contribution in [0.3, 0.4) is 0 Å². The summed E-state index contributed by atoms with van der Waals surface area (Å²) >= 11 is 6.05. The standard InChI is InChI=1S/C22H24ClN5O2.C18H21N3O3S/c23-15-6-7-20-18(14-15)25-22(30)28(20)16-8-12-26(13-9-16)10-3-11-27-19-5-2-1-4-17(19)24-21(27)29;1-13-16(19-9-8-17(13)24-11-5-10-23-2)12-25(22)18-20-14-6-3-4-7-15(14)21-18/h1-2,4-7,14,16H,3,8-13H2,(H,24,29)(H,25,30);3-4,6-9H,5,10-12H2,1-2H3,(H,20,21). The highest BCUT2D eigenvalue weighted by Gasteiger charge is 2.23. The first-order chi connectivity index (χ1) is 26.8. The molecule has 55 heavy (non-hydrogen) atoms. The molecule has 0 amide bonds. The average molecular weight is 785 g/mol. The van der Waals surface area contributed by atoms with Crippen LogP contribution in [0.1, 0.15) is 43.0 Å². The molecule has 288 valence electrons. The van der Waals surface area contributed by atoms with Gasteiger partial charge in [-0.3, -0.25) is 18.3 Å². The van der Waals surface area contributed by atoms with Gasteiger partial charge in [-0.1, -0.05) is 35.9 Å². The molecule has 1 fully saturated rings. The van der Waals surface area contributed by atoms with Gasteiger partial charge in [-0.25, -0.2) is 14.6 Å². The zero-order valence-electron chi connectivity index (χ0n) is 30.9. The van der Waals surface area contributed by atoms with Gasteiger partial charge in [0.05, 0.1) is 62.0 Å². The summed E-state index contributed by atoms with van der Waals surface area (Å²) in [6.07, 6.45) is 5.28. The molecular formula is C40H45ClN8O5S. The minimum Gasteiger partial charge on any atom is -0.493 e. The molecule has 8 rings (SSSR count). The third-order valence-corrected chi connectivity index (χ3v) is 11.4. The van der Waals surface area contributed by atoms with Gasteiger partial charge in [0.15, 0.2) is 5.16 Å². The van der Waals surface area contributed by atoms with Crippen molar-refractivity contribution in [2.45, 2.75) is 56.1 Å². The number of benzene rings is 3. The number of aromatic amines is 3. The Labute approximate surface area is 325 Å². The number of aryl methyl sites for hydroxylation is 1. The molecule has 4 aromatic heterocycles. The number of para-hydroxylation sites is 4. The van der Waals surface area contributed by atoms with E-state index in [1.165, 1.54) is 0 Å². The highest BCUT2D eigenvalue weighted by molar-refractivity contribution is 7.84. The van der Waals surface area contributed by atoms with Gasteiger partial charge in [0.25, 0.3) is 0 Å². The lowest BCUT2D eigenvalue weighted by Gasteiger charge is -2.32. The monoisotopic (exact) mass is 784 g/mol. The highest BCUT2D eigenvalue weighted by Crippen LogP contribution is 2.27. The molecule has 0 spiro atoms. The lowest BCUT2D eigenvalue weighted by molar-refractivity contribution is 0.172. The Balaban J connectivity index is 0.000000172. The Morgan fingerprint density at radius 2 is 1.62 bits per heavy atom. The zero-order valence-corrected chi connectivity index (χ0v) is 32.5. The Bertz CT molecular complexity index is 2500. The quantitative estimate of drug-likeness (QED) is 0.114. The van der Waals surface area contributed by atoms with Crippen molar-refractivity contribution >= 4 is 55.5 Å². The Morgan fingerprint density at radius 3 is 2.42 bits per heavy atom. The van der Waals surface area contributed by atoms with Crippen LogP contribution in [0.25, 0.3) is 33.1 Å². The van der Waals surface area contributed by atoms with E-state index in [1.54, 1.807) is 19.4 Å². The van der Waals surface area contributed by atoms with E-state index in [9.17, 15) is 13.8 Å². The summed E-state index contributed by atoms with van der Waals surface area (Å²) < 4.78 is 27.2. The van der Waals surface area contributed by atoms with Crippen molar-refractivity contribution in [2.75, 3.05) is 40.0 Å². The second kappa shape index (κ2) is 17.6. The number of likely N-dealkylation sites (tertiary alicyclic amines) is 1. The molecule has 1 aliphatic rings. The lowest BCUT2D eigenvalue weighted by atomic mass is 10.0. The molecule has 7 aromatic rings.